The molecular formula is C24H17F2N5O3. The molecule has 0 atom stereocenters. The molecule has 3 aromatic rings. The summed E-state index contributed by atoms with van der Waals surface area (Å²) in [5, 5.41) is 19.0. The molecular weight excluding hydrogens is 444 g/mol. The molecule has 0 saturated carbocycles. The Hall–Kier alpha value is -4.70. The number of nitrogens with zero attached hydrogens (tertiary/aromatic N) is 4. The summed E-state index contributed by atoms with van der Waals surface area (Å²) in [5.41, 5.74) is 6.23. The van der Waals surface area contributed by atoms with Crippen LogP contribution in [-0.2, 0) is 4.74 Å². The molecule has 8 nitrogen and oxygen atoms in total. The van der Waals surface area contributed by atoms with E-state index in [1.54, 1.807) is 17.0 Å². The SMILES string of the molecule is COc1ccc(-c2c(C#N)cc(N3CC(OC(N)=O)C3)nc2-c2ccc(C#N)c(F)c2)cc1F. The molecule has 4 rings (SSSR count). The first-order valence-corrected chi connectivity index (χ1v) is 10.0. The fraction of sp³-hybridized carbons (Fsp3) is 0.167. The second kappa shape index (κ2) is 9.04. The Bertz CT molecular complexity index is 1370. The predicted molar refractivity (Wildman–Crippen MR) is 118 cm³/mol. The average Bonchev–Trinajstić information content (AvgIpc) is 2.80. The van der Waals surface area contributed by atoms with E-state index in [1.165, 1.54) is 37.4 Å². The van der Waals surface area contributed by atoms with Gasteiger partial charge in [0.15, 0.2) is 11.6 Å². The Morgan fingerprint density at radius 1 is 1.06 bits per heavy atom. The lowest BCUT2D eigenvalue weighted by Gasteiger charge is -2.39. The molecule has 170 valence electrons. The molecule has 2 heterocycles. The van der Waals surface area contributed by atoms with E-state index in [2.05, 4.69) is 11.1 Å². The molecule has 0 aliphatic carbocycles. The molecule has 1 fully saturated rings. The molecule has 1 amide bonds. The van der Waals surface area contributed by atoms with Crippen molar-refractivity contribution in [3.8, 4) is 40.3 Å². The van der Waals surface area contributed by atoms with E-state index in [0.29, 0.717) is 35.6 Å². The van der Waals surface area contributed by atoms with E-state index in [0.717, 1.165) is 6.07 Å². The van der Waals surface area contributed by atoms with Crippen LogP contribution in [0.5, 0.6) is 5.75 Å². The number of ether oxygens (including phenoxy) is 2. The summed E-state index contributed by atoms with van der Waals surface area (Å²) >= 11 is 0. The summed E-state index contributed by atoms with van der Waals surface area (Å²) in [7, 11) is 1.34. The van der Waals surface area contributed by atoms with Crippen LogP contribution in [0.2, 0.25) is 0 Å². The lowest BCUT2D eigenvalue weighted by atomic mass is 9.94. The monoisotopic (exact) mass is 461 g/mol. The molecule has 0 radical (unpaired) electrons. The number of rotatable bonds is 5. The zero-order chi connectivity index (χ0) is 24.4. The van der Waals surface area contributed by atoms with Gasteiger partial charge in [-0.05, 0) is 35.9 Å². The molecule has 34 heavy (non-hydrogen) atoms. The van der Waals surface area contributed by atoms with Gasteiger partial charge in [0.1, 0.15) is 23.8 Å². The summed E-state index contributed by atoms with van der Waals surface area (Å²) < 4.78 is 38.9. The van der Waals surface area contributed by atoms with Gasteiger partial charge in [0.25, 0.3) is 0 Å². The van der Waals surface area contributed by atoms with E-state index in [-0.39, 0.29) is 22.6 Å². The number of amides is 1. The molecule has 1 saturated heterocycles. The van der Waals surface area contributed by atoms with Gasteiger partial charge >= 0.3 is 6.09 Å². The second-order valence-electron chi connectivity index (χ2n) is 7.48. The summed E-state index contributed by atoms with van der Waals surface area (Å²) in [4.78, 5) is 17.4. The summed E-state index contributed by atoms with van der Waals surface area (Å²) in [5.74, 6) is -0.979. The highest BCUT2D eigenvalue weighted by atomic mass is 19.1. The molecule has 1 aliphatic rings. The highest BCUT2D eigenvalue weighted by Crippen LogP contribution is 2.38. The maximum absolute atomic E-state index is 14.5. The number of aromatic nitrogens is 1. The minimum atomic E-state index is -0.888. The number of hydrogen-bond donors (Lipinski definition) is 1. The van der Waals surface area contributed by atoms with Crippen molar-refractivity contribution in [2.75, 3.05) is 25.1 Å². The minimum Gasteiger partial charge on any atom is -0.494 e. The van der Waals surface area contributed by atoms with Crippen LogP contribution in [0.4, 0.5) is 19.4 Å². The maximum atomic E-state index is 14.5. The smallest absolute Gasteiger partial charge is 0.404 e. The van der Waals surface area contributed by atoms with Crippen LogP contribution in [0.25, 0.3) is 22.4 Å². The van der Waals surface area contributed by atoms with E-state index in [9.17, 15) is 18.8 Å². The first-order chi connectivity index (χ1) is 16.3. The van der Waals surface area contributed by atoms with Crippen molar-refractivity contribution in [3.05, 3.63) is 65.2 Å². The predicted octanol–water partition coefficient (Wildman–Crippen LogP) is 3.73. The first kappa shape index (κ1) is 22.5. The van der Waals surface area contributed by atoms with E-state index >= 15 is 0 Å². The van der Waals surface area contributed by atoms with Crippen molar-refractivity contribution in [1.82, 2.24) is 4.98 Å². The third-order valence-electron chi connectivity index (χ3n) is 5.38. The van der Waals surface area contributed by atoms with Crippen LogP contribution in [-0.4, -0.2) is 37.4 Å². The number of carbonyl (C=O) groups excluding carboxylic acids is 1. The number of hydrogen-bond acceptors (Lipinski definition) is 7. The molecule has 0 spiro atoms. The van der Waals surface area contributed by atoms with Gasteiger partial charge in [-0.2, -0.15) is 10.5 Å². The van der Waals surface area contributed by atoms with E-state index in [1.807, 2.05) is 0 Å². The molecule has 0 unspecified atom stereocenters. The van der Waals surface area contributed by atoms with Gasteiger partial charge in [0.05, 0.1) is 43.1 Å². The summed E-state index contributed by atoms with van der Waals surface area (Å²) in [6.07, 6.45) is -1.31. The van der Waals surface area contributed by atoms with Crippen LogP contribution < -0.4 is 15.4 Å². The van der Waals surface area contributed by atoms with Gasteiger partial charge in [-0.25, -0.2) is 18.6 Å². The lowest BCUT2D eigenvalue weighted by Crippen LogP contribution is -2.54. The van der Waals surface area contributed by atoms with Crippen LogP contribution in [0.1, 0.15) is 11.1 Å². The number of methoxy groups -OCH3 is 1. The van der Waals surface area contributed by atoms with Crippen LogP contribution >= 0.6 is 0 Å². The highest BCUT2D eigenvalue weighted by molar-refractivity contribution is 5.87. The van der Waals surface area contributed by atoms with E-state index < -0.39 is 23.8 Å². The van der Waals surface area contributed by atoms with Gasteiger partial charge in [0, 0.05) is 11.1 Å². The molecule has 2 aromatic carbocycles. The van der Waals surface area contributed by atoms with Crippen molar-refractivity contribution < 1.29 is 23.0 Å². The third-order valence-corrected chi connectivity index (χ3v) is 5.38. The number of nitriles is 2. The number of halogens is 2. The second-order valence-corrected chi connectivity index (χ2v) is 7.48. The van der Waals surface area contributed by atoms with Crippen molar-refractivity contribution >= 4 is 11.9 Å². The lowest BCUT2D eigenvalue weighted by molar-refractivity contribution is 0.0886. The fourth-order valence-corrected chi connectivity index (χ4v) is 3.72. The molecule has 1 aliphatic heterocycles. The van der Waals surface area contributed by atoms with Crippen LogP contribution in [0.15, 0.2) is 42.5 Å². The molecule has 2 N–H and O–H groups in total. The Labute approximate surface area is 193 Å². The van der Waals surface area contributed by atoms with Crippen molar-refractivity contribution in [2.45, 2.75) is 6.10 Å². The number of primary amides is 1. The summed E-state index contributed by atoms with van der Waals surface area (Å²) in [6, 6.07) is 13.6. The number of nitrogens with two attached hydrogens (primary N) is 1. The number of benzene rings is 2. The number of anilines is 1. The summed E-state index contributed by atoms with van der Waals surface area (Å²) in [6.45, 7) is 0.608. The van der Waals surface area contributed by atoms with Crippen molar-refractivity contribution in [2.24, 2.45) is 5.73 Å². The van der Waals surface area contributed by atoms with Crippen LogP contribution in [0.3, 0.4) is 0 Å². The van der Waals surface area contributed by atoms with Gasteiger partial charge < -0.3 is 20.1 Å². The Kier molecular flexibility index (Phi) is 5.98. The number of pyridine rings is 1. The first-order valence-electron chi connectivity index (χ1n) is 10.0. The Balaban J connectivity index is 1.87. The fourth-order valence-electron chi connectivity index (χ4n) is 3.72. The highest BCUT2D eigenvalue weighted by Gasteiger charge is 2.32. The molecule has 10 heteroatoms. The zero-order valence-corrected chi connectivity index (χ0v) is 17.9. The van der Waals surface area contributed by atoms with Gasteiger partial charge in [-0.15, -0.1) is 0 Å². The molecule has 1 aromatic heterocycles. The Morgan fingerprint density at radius 3 is 2.32 bits per heavy atom. The normalized spacial score (nSPS) is 12.9. The van der Waals surface area contributed by atoms with Crippen molar-refractivity contribution in [3.63, 3.8) is 0 Å². The van der Waals surface area contributed by atoms with Crippen molar-refractivity contribution in [1.29, 1.82) is 10.5 Å². The Morgan fingerprint density at radius 2 is 1.74 bits per heavy atom. The van der Waals surface area contributed by atoms with Gasteiger partial charge in [-0.3, -0.25) is 0 Å². The average molecular weight is 461 g/mol. The van der Waals surface area contributed by atoms with E-state index in [4.69, 9.17) is 20.5 Å². The quantitative estimate of drug-likeness (QED) is 0.614. The number of carbonyl (C=O) groups is 1. The zero-order valence-electron chi connectivity index (χ0n) is 17.9. The topological polar surface area (TPSA) is 125 Å². The van der Waals surface area contributed by atoms with Gasteiger partial charge in [0.2, 0.25) is 0 Å². The largest absolute Gasteiger partial charge is 0.494 e. The molecule has 0 bridgehead atoms. The minimum absolute atomic E-state index is 0.0267. The van der Waals surface area contributed by atoms with Gasteiger partial charge in [-0.1, -0.05) is 12.1 Å². The standard InChI is InChI=1S/C24H17F2N5O3/c1-33-20-5-4-13(6-19(20)26)22-16(10-28)8-21(31-11-17(12-31)34-24(29)32)30-23(22)14-2-3-15(9-27)18(25)7-14/h2-8,17H,11-12H2,1H3,(H2,29,32). The maximum Gasteiger partial charge on any atom is 0.404 e. The van der Waals surface area contributed by atoms with Crippen LogP contribution in [0, 0.1) is 34.3 Å². The third kappa shape index (κ3) is 4.17.